The number of phenols is 1. The Hall–Kier alpha value is -1.22. The second-order valence-corrected chi connectivity index (χ2v) is 4.34. The Balaban J connectivity index is 2.48. The number of carboxylic acids is 1. The van der Waals surface area contributed by atoms with Gasteiger partial charge in [0.05, 0.1) is 5.41 Å². The van der Waals surface area contributed by atoms with Crippen LogP contribution in [0.15, 0.2) is 18.2 Å². The third kappa shape index (κ3) is 1.47. The van der Waals surface area contributed by atoms with Crippen molar-refractivity contribution in [1.29, 1.82) is 0 Å². The summed E-state index contributed by atoms with van der Waals surface area (Å²) >= 11 is 5.70. The van der Waals surface area contributed by atoms with E-state index in [1.807, 2.05) is 0 Å². The predicted molar refractivity (Wildman–Crippen MR) is 56.3 cm³/mol. The molecule has 1 saturated carbocycles. The van der Waals surface area contributed by atoms with E-state index in [9.17, 15) is 15.0 Å². The Bertz CT molecular complexity index is 410. The van der Waals surface area contributed by atoms with E-state index < -0.39 is 11.4 Å². The van der Waals surface area contributed by atoms with E-state index >= 15 is 0 Å². The van der Waals surface area contributed by atoms with Crippen LogP contribution in [0.25, 0.3) is 0 Å². The van der Waals surface area contributed by atoms with Crippen molar-refractivity contribution < 1.29 is 15.0 Å². The van der Waals surface area contributed by atoms with Gasteiger partial charge in [-0.15, -0.1) is 0 Å². The van der Waals surface area contributed by atoms with E-state index in [0.717, 1.165) is 6.42 Å². The van der Waals surface area contributed by atoms with Gasteiger partial charge in [-0.05, 0) is 25.0 Å². The van der Waals surface area contributed by atoms with Crippen LogP contribution in [-0.4, -0.2) is 16.2 Å². The summed E-state index contributed by atoms with van der Waals surface area (Å²) in [4.78, 5) is 11.2. The normalized spacial score (nSPS) is 18.2. The fourth-order valence-electron chi connectivity index (χ4n) is 2.04. The lowest BCUT2D eigenvalue weighted by Gasteiger charge is -2.38. The van der Waals surface area contributed by atoms with Gasteiger partial charge in [-0.3, -0.25) is 4.79 Å². The van der Waals surface area contributed by atoms with Gasteiger partial charge < -0.3 is 10.2 Å². The molecule has 1 aliphatic rings. The highest BCUT2D eigenvalue weighted by Gasteiger charge is 2.47. The lowest BCUT2D eigenvalue weighted by molar-refractivity contribution is -0.147. The largest absolute Gasteiger partial charge is 0.508 e. The van der Waals surface area contributed by atoms with Crippen LogP contribution in [0.5, 0.6) is 5.75 Å². The Labute approximate surface area is 92.3 Å². The molecule has 0 saturated heterocycles. The number of hydrogen-bond donors (Lipinski definition) is 2. The summed E-state index contributed by atoms with van der Waals surface area (Å²) in [5, 5.41) is 19.3. The van der Waals surface area contributed by atoms with Gasteiger partial charge >= 0.3 is 5.97 Å². The summed E-state index contributed by atoms with van der Waals surface area (Å²) in [5.41, 5.74) is -0.417. The minimum atomic E-state index is -0.894. The number of rotatable bonds is 2. The molecule has 1 fully saturated rings. The van der Waals surface area contributed by atoms with E-state index in [1.54, 1.807) is 12.1 Å². The molecule has 0 bridgehead atoms. The highest BCUT2D eigenvalue weighted by Crippen LogP contribution is 2.47. The Morgan fingerprint density at radius 1 is 1.40 bits per heavy atom. The summed E-state index contributed by atoms with van der Waals surface area (Å²) in [7, 11) is 0. The van der Waals surface area contributed by atoms with Crippen LogP contribution in [0.1, 0.15) is 24.8 Å². The first kappa shape index (κ1) is 10.3. The number of halogens is 1. The molecule has 0 unspecified atom stereocenters. The maximum Gasteiger partial charge on any atom is 0.314 e. The number of benzene rings is 1. The van der Waals surface area contributed by atoms with Crippen molar-refractivity contribution in [3.63, 3.8) is 0 Å². The maximum atomic E-state index is 11.2. The molecular weight excluding hydrogens is 216 g/mol. The smallest absolute Gasteiger partial charge is 0.314 e. The zero-order valence-electron chi connectivity index (χ0n) is 8.03. The summed E-state index contributed by atoms with van der Waals surface area (Å²) in [6.45, 7) is 0. The van der Waals surface area contributed by atoms with Crippen molar-refractivity contribution in [3.05, 3.63) is 28.8 Å². The van der Waals surface area contributed by atoms with Crippen molar-refractivity contribution in [1.82, 2.24) is 0 Å². The first-order valence-electron chi connectivity index (χ1n) is 4.79. The molecule has 0 heterocycles. The van der Waals surface area contributed by atoms with Gasteiger partial charge in [0, 0.05) is 10.6 Å². The number of hydrogen-bond acceptors (Lipinski definition) is 2. The van der Waals surface area contributed by atoms with Crippen LogP contribution in [-0.2, 0) is 10.2 Å². The van der Waals surface area contributed by atoms with Gasteiger partial charge in [-0.2, -0.15) is 0 Å². The minimum absolute atomic E-state index is 0.0235. The van der Waals surface area contributed by atoms with Crippen molar-refractivity contribution in [3.8, 4) is 5.75 Å². The molecule has 0 amide bonds. The van der Waals surface area contributed by atoms with E-state index in [1.165, 1.54) is 6.07 Å². The highest BCUT2D eigenvalue weighted by atomic mass is 35.5. The van der Waals surface area contributed by atoms with Crippen LogP contribution in [0.3, 0.4) is 0 Å². The number of aromatic hydroxyl groups is 1. The van der Waals surface area contributed by atoms with Gasteiger partial charge in [0.1, 0.15) is 5.75 Å². The third-order valence-electron chi connectivity index (χ3n) is 3.09. The van der Waals surface area contributed by atoms with Gasteiger partial charge in [-0.25, -0.2) is 0 Å². The standard InChI is InChI=1S/C11H11ClO3/c12-7-2-3-8(9(13)6-7)11(10(14)15)4-1-5-11/h2-3,6,13H,1,4-5H2,(H,14,15). The third-order valence-corrected chi connectivity index (χ3v) is 3.33. The van der Waals surface area contributed by atoms with Gasteiger partial charge in [0.25, 0.3) is 0 Å². The van der Waals surface area contributed by atoms with Crippen molar-refractivity contribution in [2.45, 2.75) is 24.7 Å². The summed E-state index contributed by atoms with van der Waals surface area (Å²) in [5.74, 6) is -0.893. The zero-order valence-corrected chi connectivity index (χ0v) is 8.79. The minimum Gasteiger partial charge on any atom is -0.508 e. The molecule has 0 spiro atoms. The highest BCUT2D eigenvalue weighted by molar-refractivity contribution is 6.30. The van der Waals surface area contributed by atoms with E-state index in [4.69, 9.17) is 11.6 Å². The average Bonchev–Trinajstić information content (AvgIpc) is 2.05. The monoisotopic (exact) mass is 226 g/mol. The Kier molecular flexibility index (Phi) is 2.35. The molecule has 0 aliphatic heterocycles. The topological polar surface area (TPSA) is 57.5 Å². The second kappa shape index (κ2) is 3.42. The molecule has 15 heavy (non-hydrogen) atoms. The van der Waals surface area contributed by atoms with Crippen LogP contribution in [0.2, 0.25) is 5.02 Å². The molecule has 1 aromatic rings. The van der Waals surface area contributed by atoms with Crippen LogP contribution < -0.4 is 0 Å². The fourth-order valence-corrected chi connectivity index (χ4v) is 2.20. The summed E-state index contributed by atoms with van der Waals surface area (Å²) in [6.07, 6.45) is 2.05. The Morgan fingerprint density at radius 3 is 2.47 bits per heavy atom. The molecule has 0 aromatic heterocycles. The van der Waals surface area contributed by atoms with Gasteiger partial charge in [-0.1, -0.05) is 24.1 Å². The number of phenolic OH excluding ortho intramolecular Hbond substituents is 1. The SMILES string of the molecule is O=C(O)C1(c2ccc(Cl)cc2O)CCC1. The summed E-state index contributed by atoms with van der Waals surface area (Å²) < 4.78 is 0. The van der Waals surface area contributed by atoms with Crippen LogP contribution in [0.4, 0.5) is 0 Å². The maximum absolute atomic E-state index is 11.2. The first-order chi connectivity index (χ1) is 7.06. The predicted octanol–water partition coefficient (Wildman–Crippen LogP) is 2.55. The van der Waals surface area contributed by atoms with Crippen molar-refractivity contribution >= 4 is 17.6 Å². The number of carboxylic acid groups (broad SMARTS) is 1. The van der Waals surface area contributed by atoms with E-state index in [0.29, 0.717) is 23.4 Å². The molecule has 2 N–H and O–H groups in total. The van der Waals surface area contributed by atoms with E-state index in [2.05, 4.69) is 0 Å². The quantitative estimate of drug-likeness (QED) is 0.815. The molecule has 2 rings (SSSR count). The van der Waals surface area contributed by atoms with E-state index in [-0.39, 0.29) is 5.75 Å². The van der Waals surface area contributed by atoms with Gasteiger partial charge in [0.2, 0.25) is 0 Å². The Morgan fingerprint density at radius 2 is 2.07 bits per heavy atom. The number of carbonyl (C=O) groups is 1. The van der Waals surface area contributed by atoms with Crippen LogP contribution in [0, 0.1) is 0 Å². The first-order valence-corrected chi connectivity index (χ1v) is 5.16. The van der Waals surface area contributed by atoms with Crippen molar-refractivity contribution in [2.24, 2.45) is 0 Å². The average molecular weight is 227 g/mol. The molecule has 4 heteroatoms. The zero-order chi connectivity index (χ0) is 11.1. The molecule has 0 radical (unpaired) electrons. The molecular formula is C11H11ClO3. The molecule has 1 aliphatic carbocycles. The molecule has 1 aromatic carbocycles. The molecule has 0 atom stereocenters. The molecule has 80 valence electrons. The number of aliphatic carboxylic acids is 1. The molecule has 3 nitrogen and oxygen atoms in total. The van der Waals surface area contributed by atoms with Gasteiger partial charge in [0.15, 0.2) is 0 Å². The summed E-state index contributed by atoms with van der Waals surface area (Å²) in [6, 6.07) is 4.60. The van der Waals surface area contributed by atoms with Crippen molar-refractivity contribution in [2.75, 3.05) is 0 Å². The lowest BCUT2D eigenvalue weighted by Crippen LogP contribution is -2.42. The fraction of sp³-hybridized carbons (Fsp3) is 0.364. The second-order valence-electron chi connectivity index (χ2n) is 3.90. The lowest BCUT2D eigenvalue weighted by atomic mass is 9.64. The van der Waals surface area contributed by atoms with Crippen LogP contribution >= 0.6 is 11.6 Å².